The molecule has 0 fully saturated rings. The van der Waals surface area contributed by atoms with E-state index in [1.807, 2.05) is 24.3 Å². The molecule has 2 rings (SSSR count). The van der Waals surface area contributed by atoms with E-state index in [2.05, 4.69) is 22.5 Å². The number of carbonyl (C=O) groups excluding carboxylic acids is 1. The highest BCUT2D eigenvalue weighted by Crippen LogP contribution is 2.25. The molecule has 25 heavy (non-hydrogen) atoms. The van der Waals surface area contributed by atoms with E-state index < -0.39 is 0 Å². The molecule has 0 bridgehead atoms. The zero-order valence-corrected chi connectivity index (χ0v) is 14.4. The summed E-state index contributed by atoms with van der Waals surface area (Å²) in [6.45, 7) is 0.199. The lowest BCUT2D eigenvalue weighted by molar-refractivity contribution is 0.253. The number of hydrogen-bond donors (Lipinski definition) is 2. The van der Waals surface area contributed by atoms with Crippen LogP contribution in [0.3, 0.4) is 0 Å². The maximum absolute atomic E-state index is 11.9. The molecule has 6 nitrogen and oxygen atoms in total. The number of urea groups is 1. The molecule has 2 aromatic rings. The molecule has 130 valence electrons. The zero-order valence-electron chi connectivity index (χ0n) is 14.4. The van der Waals surface area contributed by atoms with Gasteiger partial charge in [0.2, 0.25) is 0 Å². The average molecular weight is 340 g/mol. The van der Waals surface area contributed by atoms with Crippen molar-refractivity contribution < 1.29 is 19.0 Å². The molecule has 0 unspecified atom stereocenters. The Morgan fingerprint density at radius 1 is 1.00 bits per heavy atom. The van der Waals surface area contributed by atoms with E-state index in [9.17, 15) is 4.79 Å². The molecule has 0 atom stereocenters. The molecule has 6 heteroatoms. The van der Waals surface area contributed by atoms with Gasteiger partial charge in [0.1, 0.15) is 17.2 Å². The lowest BCUT2D eigenvalue weighted by Gasteiger charge is -2.09. The number of carbonyl (C=O) groups is 1. The maximum Gasteiger partial charge on any atom is 0.319 e. The first-order valence-electron chi connectivity index (χ1n) is 7.56. The van der Waals surface area contributed by atoms with Crippen molar-refractivity contribution in [2.24, 2.45) is 0 Å². The first-order valence-corrected chi connectivity index (χ1v) is 7.56. The van der Waals surface area contributed by atoms with E-state index >= 15 is 0 Å². The lowest BCUT2D eigenvalue weighted by atomic mass is 10.2. The number of methoxy groups -OCH3 is 3. The van der Waals surface area contributed by atoms with Crippen LogP contribution in [0.15, 0.2) is 42.5 Å². The van der Waals surface area contributed by atoms with Crippen LogP contribution >= 0.6 is 0 Å². The number of rotatable bonds is 5. The quantitative estimate of drug-likeness (QED) is 0.821. The minimum atomic E-state index is -0.371. The third-order valence-electron chi connectivity index (χ3n) is 3.28. The summed E-state index contributed by atoms with van der Waals surface area (Å²) in [6.07, 6.45) is 0. The molecule has 0 saturated carbocycles. The first-order chi connectivity index (χ1) is 12.2. The van der Waals surface area contributed by atoms with Crippen LogP contribution in [0.4, 0.5) is 10.5 Å². The van der Waals surface area contributed by atoms with Crippen molar-refractivity contribution in [2.45, 2.75) is 0 Å². The fraction of sp³-hybridized carbons (Fsp3) is 0.211. The Bertz CT molecular complexity index is 771. The zero-order chi connectivity index (χ0) is 18.1. The monoisotopic (exact) mass is 340 g/mol. The number of benzene rings is 2. The average Bonchev–Trinajstić information content (AvgIpc) is 2.65. The van der Waals surface area contributed by atoms with Crippen LogP contribution in [0.5, 0.6) is 17.2 Å². The van der Waals surface area contributed by atoms with Crippen LogP contribution in [0.1, 0.15) is 5.56 Å². The molecule has 0 aromatic heterocycles. The Hall–Kier alpha value is -3.33. The van der Waals surface area contributed by atoms with E-state index in [-0.39, 0.29) is 12.6 Å². The van der Waals surface area contributed by atoms with Gasteiger partial charge in [-0.05, 0) is 12.1 Å². The SMILES string of the molecule is COc1cc(NC(=O)NCC#Cc2ccccc2OC)cc(OC)c1. The van der Waals surface area contributed by atoms with E-state index in [1.165, 1.54) is 0 Å². The van der Waals surface area contributed by atoms with Gasteiger partial charge in [-0.3, -0.25) is 0 Å². The standard InChI is InChI=1S/C19H20N2O4/c1-23-16-11-15(12-17(13-16)24-2)21-19(22)20-10-6-8-14-7-4-5-9-18(14)25-3/h4-5,7,9,11-13H,10H2,1-3H3,(H2,20,21,22). The first kappa shape index (κ1) is 18.0. The van der Waals surface area contributed by atoms with E-state index in [0.717, 1.165) is 5.56 Å². The summed E-state index contributed by atoms with van der Waals surface area (Å²) in [4.78, 5) is 11.9. The van der Waals surface area contributed by atoms with Crippen molar-refractivity contribution in [1.82, 2.24) is 5.32 Å². The lowest BCUT2D eigenvalue weighted by Crippen LogP contribution is -2.28. The van der Waals surface area contributed by atoms with E-state index in [1.54, 1.807) is 39.5 Å². The van der Waals surface area contributed by atoms with E-state index in [4.69, 9.17) is 14.2 Å². The minimum Gasteiger partial charge on any atom is -0.497 e. The number of amides is 2. The molecule has 2 amide bonds. The van der Waals surface area contributed by atoms with Gasteiger partial charge in [0.25, 0.3) is 0 Å². The Labute approximate surface area is 147 Å². The third-order valence-corrected chi connectivity index (χ3v) is 3.28. The van der Waals surface area contributed by atoms with Gasteiger partial charge >= 0.3 is 6.03 Å². The highest BCUT2D eigenvalue weighted by atomic mass is 16.5. The second kappa shape index (κ2) is 9.08. The van der Waals surface area contributed by atoms with Crippen LogP contribution in [-0.4, -0.2) is 33.9 Å². The molecular weight excluding hydrogens is 320 g/mol. The predicted octanol–water partition coefficient (Wildman–Crippen LogP) is 2.89. The smallest absolute Gasteiger partial charge is 0.319 e. The summed E-state index contributed by atoms with van der Waals surface area (Å²) < 4.78 is 15.5. The summed E-state index contributed by atoms with van der Waals surface area (Å²) in [5.74, 6) is 7.72. The normalized spacial score (nSPS) is 9.40. The van der Waals surface area contributed by atoms with Gasteiger partial charge in [0.05, 0.1) is 33.4 Å². The Morgan fingerprint density at radius 2 is 1.68 bits per heavy atom. The van der Waals surface area contributed by atoms with Crippen LogP contribution in [0.2, 0.25) is 0 Å². The Balaban J connectivity index is 1.93. The number of para-hydroxylation sites is 1. The largest absolute Gasteiger partial charge is 0.497 e. The summed E-state index contributed by atoms with van der Waals surface area (Å²) in [5, 5.41) is 5.38. The number of ether oxygens (including phenoxy) is 3. The molecule has 0 heterocycles. The summed E-state index contributed by atoms with van der Waals surface area (Å²) in [6, 6.07) is 12.2. The molecule has 2 N–H and O–H groups in total. The van der Waals surface area contributed by atoms with E-state index in [0.29, 0.717) is 22.9 Å². The van der Waals surface area contributed by atoms with Crippen molar-refractivity contribution >= 4 is 11.7 Å². The Morgan fingerprint density at radius 3 is 2.32 bits per heavy atom. The highest BCUT2D eigenvalue weighted by molar-refractivity contribution is 5.89. The molecule has 0 aliphatic heterocycles. The fourth-order valence-electron chi connectivity index (χ4n) is 2.07. The van der Waals surface area contributed by atoms with Crippen molar-refractivity contribution in [3.63, 3.8) is 0 Å². The van der Waals surface area contributed by atoms with Crippen LogP contribution < -0.4 is 24.8 Å². The fourth-order valence-corrected chi connectivity index (χ4v) is 2.07. The third kappa shape index (κ3) is 5.36. The summed E-state index contributed by atoms with van der Waals surface area (Å²) in [7, 11) is 4.69. The van der Waals surface area contributed by atoms with Gasteiger partial charge in [-0.15, -0.1) is 0 Å². The van der Waals surface area contributed by atoms with Crippen LogP contribution in [-0.2, 0) is 0 Å². The summed E-state index contributed by atoms with van der Waals surface area (Å²) in [5.41, 5.74) is 1.33. The minimum absolute atomic E-state index is 0.199. The number of nitrogens with one attached hydrogen (secondary N) is 2. The summed E-state index contributed by atoms with van der Waals surface area (Å²) >= 11 is 0. The second-order valence-corrected chi connectivity index (χ2v) is 4.91. The van der Waals surface area contributed by atoms with Crippen molar-refractivity contribution in [2.75, 3.05) is 33.2 Å². The van der Waals surface area contributed by atoms with Gasteiger partial charge in [-0.25, -0.2) is 4.79 Å². The van der Waals surface area contributed by atoms with Crippen LogP contribution in [0.25, 0.3) is 0 Å². The highest BCUT2D eigenvalue weighted by Gasteiger charge is 2.05. The molecule has 0 radical (unpaired) electrons. The second-order valence-electron chi connectivity index (χ2n) is 4.91. The number of anilines is 1. The van der Waals surface area contributed by atoms with Crippen molar-refractivity contribution in [3.8, 4) is 29.1 Å². The molecule has 0 saturated heterocycles. The topological polar surface area (TPSA) is 68.8 Å². The maximum atomic E-state index is 11.9. The predicted molar refractivity (Wildman–Crippen MR) is 96.4 cm³/mol. The van der Waals surface area contributed by atoms with Crippen LogP contribution in [0, 0.1) is 11.8 Å². The van der Waals surface area contributed by atoms with Crippen molar-refractivity contribution in [3.05, 3.63) is 48.0 Å². The van der Waals surface area contributed by atoms with Gasteiger partial charge in [-0.2, -0.15) is 0 Å². The number of hydrogen-bond acceptors (Lipinski definition) is 4. The molecule has 0 spiro atoms. The van der Waals surface area contributed by atoms with Crippen molar-refractivity contribution in [1.29, 1.82) is 0 Å². The molecule has 2 aromatic carbocycles. The molecule has 0 aliphatic rings. The Kier molecular flexibility index (Phi) is 6.55. The molecule has 0 aliphatic carbocycles. The van der Waals surface area contributed by atoms with Gasteiger partial charge in [0, 0.05) is 23.9 Å². The van der Waals surface area contributed by atoms with Gasteiger partial charge in [0.15, 0.2) is 0 Å². The van der Waals surface area contributed by atoms with Gasteiger partial charge in [-0.1, -0.05) is 24.0 Å². The van der Waals surface area contributed by atoms with Gasteiger partial charge < -0.3 is 24.8 Å². The molecular formula is C19H20N2O4.